The van der Waals surface area contributed by atoms with Gasteiger partial charge < -0.3 is 5.32 Å². The van der Waals surface area contributed by atoms with Crippen LogP contribution in [0.15, 0.2) is 24.7 Å². The normalized spacial score (nSPS) is 12.9. The third-order valence-electron chi connectivity index (χ3n) is 3.23. The number of hydrogen-bond acceptors (Lipinski definition) is 3. The molecule has 2 rings (SSSR count). The molecule has 0 fully saturated rings. The van der Waals surface area contributed by atoms with Crippen LogP contribution in [0.4, 0.5) is 0 Å². The lowest BCUT2D eigenvalue weighted by atomic mass is 10.0. The quantitative estimate of drug-likeness (QED) is 0.934. The van der Waals surface area contributed by atoms with Crippen molar-refractivity contribution in [3.05, 3.63) is 46.5 Å². The molecule has 2 heterocycles. The largest absolute Gasteiger partial charge is 0.308 e. The minimum absolute atomic E-state index is 0.00824. The van der Waals surface area contributed by atoms with Gasteiger partial charge in [-0.2, -0.15) is 5.10 Å². The van der Waals surface area contributed by atoms with Crippen LogP contribution >= 0.6 is 11.6 Å². The van der Waals surface area contributed by atoms with Crippen LogP contribution in [-0.2, 0) is 0 Å². The van der Waals surface area contributed by atoms with Crippen molar-refractivity contribution < 1.29 is 0 Å². The second-order valence-electron chi connectivity index (χ2n) is 4.87. The Morgan fingerprint density at radius 1 is 1.32 bits per heavy atom. The van der Waals surface area contributed by atoms with Gasteiger partial charge in [-0.15, -0.1) is 0 Å². The van der Waals surface area contributed by atoms with E-state index >= 15 is 0 Å². The van der Waals surface area contributed by atoms with E-state index in [2.05, 4.69) is 36.2 Å². The summed E-state index contributed by atoms with van der Waals surface area (Å²) in [7, 11) is 1.92. The van der Waals surface area contributed by atoms with Gasteiger partial charge in [0, 0.05) is 18.4 Å². The van der Waals surface area contributed by atoms with E-state index in [1.165, 1.54) is 5.56 Å². The molecule has 4 nitrogen and oxygen atoms in total. The van der Waals surface area contributed by atoms with E-state index in [1.807, 2.05) is 24.0 Å². The third-order valence-corrected chi connectivity index (χ3v) is 3.52. The van der Waals surface area contributed by atoms with Crippen LogP contribution in [0, 0.1) is 6.92 Å². The van der Waals surface area contributed by atoms with E-state index in [0.29, 0.717) is 5.02 Å². The van der Waals surface area contributed by atoms with E-state index in [0.717, 1.165) is 11.3 Å². The lowest BCUT2D eigenvalue weighted by Gasteiger charge is -2.22. The highest BCUT2D eigenvalue weighted by Crippen LogP contribution is 2.30. The Kier molecular flexibility index (Phi) is 4.22. The lowest BCUT2D eigenvalue weighted by Crippen LogP contribution is -2.23. The van der Waals surface area contributed by atoms with Crippen LogP contribution in [0.25, 0.3) is 0 Å². The average Bonchev–Trinajstić information content (AvgIpc) is 2.75. The van der Waals surface area contributed by atoms with E-state index in [9.17, 15) is 0 Å². The van der Waals surface area contributed by atoms with Gasteiger partial charge in [0.05, 0.1) is 23.0 Å². The van der Waals surface area contributed by atoms with Crippen LogP contribution < -0.4 is 5.32 Å². The van der Waals surface area contributed by atoms with Crippen molar-refractivity contribution in [1.82, 2.24) is 20.1 Å². The molecule has 0 saturated carbocycles. The molecule has 0 amide bonds. The molecule has 0 radical (unpaired) electrons. The van der Waals surface area contributed by atoms with Gasteiger partial charge in [0.15, 0.2) is 0 Å². The van der Waals surface area contributed by atoms with Gasteiger partial charge in [-0.25, -0.2) is 0 Å². The highest BCUT2D eigenvalue weighted by atomic mass is 35.5. The molecule has 0 saturated heterocycles. The summed E-state index contributed by atoms with van der Waals surface area (Å²) in [6, 6.07) is 2.25. The molecule has 0 spiro atoms. The Bertz CT molecular complexity index is 562. The molecule has 0 bridgehead atoms. The summed E-state index contributed by atoms with van der Waals surface area (Å²) in [6.07, 6.45) is 5.38. The minimum atomic E-state index is -0.00824. The van der Waals surface area contributed by atoms with Gasteiger partial charge in [0.2, 0.25) is 0 Å². The van der Waals surface area contributed by atoms with Crippen molar-refractivity contribution in [1.29, 1.82) is 0 Å². The first-order valence-corrected chi connectivity index (χ1v) is 6.74. The number of halogens is 1. The van der Waals surface area contributed by atoms with Crippen LogP contribution in [-0.4, -0.2) is 21.8 Å². The van der Waals surface area contributed by atoms with Crippen LogP contribution in [0.3, 0.4) is 0 Å². The van der Waals surface area contributed by atoms with Gasteiger partial charge in [-0.1, -0.05) is 11.6 Å². The van der Waals surface area contributed by atoms with E-state index < -0.39 is 0 Å². The monoisotopic (exact) mass is 278 g/mol. The fourth-order valence-corrected chi connectivity index (χ4v) is 2.49. The second-order valence-corrected chi connectivity index (χ2v) is 5.28. The summed E-state index contributed by atoms with van der Waals surface area (Å²) in [5.74, 6) is 0. The van der Waals surface area contributed by atoms with Crippen molar-refractivity contribution in [3.63, 3.8) is 0 Å². The molecule has 0 aliphatic carbocycles. The lowest BCUT2D eigenvalue weighted by molar-refractivity contribution is 0.483. The SMILES string of the molecule is CNC(c1cnccc1C)c1c(Cl)cnn1C(C)C. The molecule has 1 unspecified atom stereocenters. The minimum Gasteiger partial charge on any atom is -0.308 e. The molecule has 1 N–H and O–H groups in total. The number of rotatable bonds is 4. The molecule has 102 valence electrons. The Morgan fingerprint density at radius 2 is 2.05 bits per heavy atom. The number of nitrogens with one attached hydrogen (secondary N) is 1. The maximum absolute atomic E-state index is 6.32. The predicted octanol–water partition coefficient (Wildman–Crippen LogP) is 3.13. The molecular formula is C14H19ClN4. The third kappa shape index (κ3) is 2.65. The zero-order valence-corrected chi connectivity index (χ0v) is 12.4. The standard InChI is InChI=1S/C14H19ClN4/c1-9(2)19-14(12(15)8-18-19)13(16-4)11-7-17-6-5-10(11)3/h5-9,13,16H,1-4H3. The zero-order chi connectivity index (χ0) is 14.0. The van der Waals surface area contributed by atoms with E-state index in [4.69, 9.17) is 11.6 Å². The molecule has 5 heteroatoms. The Labute approximate surface area is 118 Å². The maximum atomic E-state index is 6.32. The summed E-state index contributed by atoms with van der Waals surface area (Å²) >= 11 is 6.32. The number of nitrogens with zero attached hydrogens (tertiary/aromatic N) is 3. The van der Waals surface area contributed by atoms with Crippen molar-refractivity contribution in [2.24, 2.45) is 0 Å². The predicted molar refractivity (Wildman–Crippen MR) is 77.5 cm³/mol. The van der Waals surface area contributed by atoms with E-state index in [-0.39, 0.29) is 12.1 Å². The molecule has 19 heavy (non-hydrogen) atoms. The summed E-state index contributed by atoms with van der Waals surface area (Å²) in [4.78, 5) is 4.22. The summed E-state index contributed by atoms with van der Waals surface area (Å²) in [5.41, 5.74) is 3.28. The smallest absolute Gasteiger partial charge is 0.0837 e. The van der Waals surface area contributed by atoms with Crippen molar-refractivity contribution in [3.8, 4) is 0 Å². The highest BCUT2D eigenvalue weighted by molar-refractivity contribution is 6.31. The topological polar surface area (TPSA) is 42.7 Å². The highest BCUT2D eigenvalue weighted by Gasteiger charge is 2.23. The Balaban J connectivity index is 2.55. The molecule has 1 atom stereocenters. The second kappa shape index (κ2) is 5.72. The van der Waals surface area contributed by atoms with Crippen LogP contribution in [0.5, 0.6) is 0 Å². The zero-order valence-electron chi connectivity index (χ0n) is 11.7. The summed E-state index contributed by atoms with van der Waals surface area (Å²) in [6.45, 7) is 6.26. The summed E-state index contributed by atoms with van der Waals surface area (Å²) in [5, 5.41) is 8.35. The number of aryl methyl sites for hydroxylation is 1. The number of hydrogen-bond donors (Lipinski definition) is 1. The number of pyridine rings is 1. The molecule has 0 aliphatic rings. The fraction of sp³-hybridized carbons (Fsp3) is 0.429. The van der Waals surface area contributed by atoms with E-state index in [1.54, 1.807) is 12.4 Å². The van der Waals surface area contributed by atoms with Crippen LogP contribution in [0.1, 0.15) is 42.8 Å². The van der Waals surface area contributed by atoms with Gasteiger partial charge in [0.25, 0.3) is 0 Å². The van der Waals surface area contributed by atoms with Gasteiger partial charge in [0.1, 0.15) is 0 Å². The van der Waals surface area contributed by atoms with Gasteiger partial charge in [-0.05, 0) is 45.0 Å². The number of aromatic nitrogens is 3. The first kappa shape index (κ1) is 14.0. The average molecular weight is 279 g/mol. The molecule has 2 aromatic heterocycles. The molecule has 0 aromatic carbocycles. The van der Waals surface area contributed by atoms with Crippen LogP contribution in [0.2, 0.25) is 5.02 Å². The first-order valence-electron chi connectivity index (χ1n) is 6.37. The molecule has 2 aromatic rings. The van der Waals surface area contributed by atoms with Crippen molar-refractivity contribution in [2.75, 3.05) is 7.05 Å². The molecule has 0 aliphatic heterocycles. The summed E-state index contributed by atoms with van der Waals surface area (Å²) < 4.78 is 1.95. The van der Waals surface area contributed by atoms with Crippen molar-refractivity contribution in [2.45, 2.75) is 32.9 Å². The maximum Gasteiger partial charge on any atom is 0.0837 e. The first-order chi connectivity index (χ1) is 9.06. The van der Waals surface area contributed by atoms with Gasteiger partial charge >= 0.3 is 0 Å². The van der Waals surface area contributed by atoms with Crippen molar-refractivity contribution >= 4 is 11.6 Å². The Morgan fingerprint density at radius 3 is 2.63 bits per heavy atom. The Hall–Kier alpha value is -1.39. The van der Waals surface area contributed by atoms with Gasteiger partial charge in [-0.3, -0.25) is 9.67 Å². The fourth-order valence-electron chi connectivity index (χ4n) is 2.25. The molecular weight excluding hydrogens is 260 g/mol.